The van der Waals surface area contributed by atoms with Gasteiger partial charge in [-0.25, -0.2) is 4.98 Å². The lowest BCUT2D eigenvalue weighted by atomic mass is 9.92. The van der Waals surface area contributed by atoms with Crippen molar-refractivity contribution in [1.82, 2.24) is 9.88 Å². The summed E-state index contributed by atoms with van der Waals surface area (Å²) in [6.45, 7) is 4.96. The Balaban J connectivity index is 2.01. The van der Waals surface area contributed by atoms with E-state index in [1.807, 2.05) is 50.1 Å². The minimum atomic E-state index is -0.516. The molecule has 0 aliphatic carbocycles. The van der Waals surface area contributed by atoms with E-state index < -0.39 is 5.41 Å². The van der Waals surface area contributed by atoms with E-state index in [1.54, 1.807) is 6.26 Å². The van der Waals surface area contributed by atoms with E-state index in [4.69, 9.17) is 4.42 Å². The highest BCUT2D eigenvalue weighted by atomic mass is 16.3. The van der Waals surface area contributed by atoms with Crippen molar-refractivity contribution in [3.8, 4) is 11.5 Å². The molecule has 0 bridgehead atoms. The summed E-state index contributed by atoms with van der Waals surface area (Å²) in [6.07, 6.45) is 1.65. The molecule has 0 spiro atoms. The van der Waals surface area contributed by atoms with Crippen LogP contribution in [0.5, 0.6) is 0 Å². The zero-order valence-electron chi connectivity index (χ0n) is 13.4. The molecular formula is C17H24N2O3. The van der Waals surface area contributed by atoms with Gasteiger partial charge in [0.25, 0.3) is 0 Å². The van der Waals surface area contributed by atoms with Gasteiger partial charge in [0, 0.05) is 24.1 Å². The van der Waals surface area contributed by atoms with E-state index in [9.17, 15) is 10.2 Å². The molecule has 0 saturated heterocycles. The average Bonchev–Trinajstić information content (AvgIpc) is 2.96. The lowest BCUT2D eigenvalue weighted by Crippen LogP contribution is -2.38. The molecule has 0 aliphatic heterocycles. The lowest BCUT2D eigenvalue weighted by molar-refractivity contribution is 0.0399. The lowest BCUT2D eigenvalue weighted by Gasteiger charge is -2.29. The molecular weight excluding hydrogens is 280 g/mol. The molecule has 1 aromatic carbocycles. The van der Waals surface area contributed by atoms with Crippen molar-refractivity contribution in [1.29, 1.82) is 0 Å². The van der Waals surface area contributed by atoms with Crippen LogP contribution in [0.1, 0.15) is 18.2 Å². The Labute approximate surface area is 131 Å². The Kier molecular flexibility index (Phi) is 5.34. The molecule has 5 nitrogen and oxygen atoms in total. The van der Waals surface area contributed by atoms with Gasteiger partial charge in [-0.05, 0) is 26.1 Å². The standard InChI is InChI=1S/C17H24N2O3/c1-13-4-6-14(7-5-13)16-18-15(9-22-16)8-19(3)10-17(2,11-20)12-21/h4-7,9,20-21H,8,10-12H2,1-3H3. The molecule has 1 aromatic heterocycles. The molecule has 0 saturated carbocycles. The van der Waals surface area contributed by atoms with Crippen molar-refractivity contribution in [2.24, 2.45) is 5.41 Å². The summed E-state index contributed by atoms with van der Waals surface area (Å²) in [6, 6.07) is 8.03. The quantitative estimate of drug-likeness (QED) is 0.819. The molecule has 2 N–H and O–H groups in total. The van der Waals surface area contributed by atoms with Crippen molar-refractivity contribution in [2.75, 3.05) is 26.8 Å². The highest BCUT2D eigenvalue weighted by molar-refractivity contribution is 5.53. The predicted molar refractivity (Wildman–Crippen MR) is 85.3 cm³/mol. The Morgan fingerprint density at radius 2 is 1.82 bits per heavy atom. The van der Waals surface area contributed by atoms with Gasteiger partial charge in [0.05, 0.1) is 18.9 Å². The average molecular weight is 304 g/mol. The first kappa shape index (κ1) is 16.7. The van der Waals surface area contributed by atoms with Crippen LogP contribution in [0.15, 0.2) is 34.9 Å². The number of aryl methyl sites for hydroxylation is 1. The van der Waals surface area contributed by atoms with Gasteiger partial charge in [-0.1, -0.05) is 24.6 Å². The van der Waals surface area contributed by atoms with E-state index in [1.165, 1.54) is 5.56 Å². The molecule has 2 aromatic rings. The van der Waals surface area contributed by atoms with E-state index in [-0.39, 0.29) is 13.2 Å². The number of aliphatic hydroxyl groups excluding tert-OH is 2. The fraction of sp³-hybridized carbons (Fsp3) is 0.471. The maximum atomic E-state index is 9.35. The first-order chi connectivity index (χ1) is 10.5. The van der Waals surface area contributed by atoms with Crippen molar-refractivity contribution in [3.63, 3.8) is 0 Å². The SMILES string of the molecule is Cc1ccc(-c2nc(CN(C)CC(C)(CO)CO)co2)cc1. The van der Waals surface area contributed by atoms with Gasteiger partial charge < -0.3 is 14.6 Å². The Hall–Kier alpha value is -1.69. The summed E-state index contributed by atoms with van der Waals surface area (Å²) in [4.78, 5) is 6.52. The van der Waals surface area contributed by atoms with Gasteiger partial charge >= 0.3 is 0 Å². The Morgan fingerprint density at radius 3 is 2.41 bits per heavy atom. The second kappa shape index (κ2) is 7.05. The van der Waals surface area contributed by atoms with Crippen molar-refractivity contribution in [2.45, 2.75) is 20.4 Å². The summed E-state index contributed by atoms with van der Waals surface area (Å²) in [7, 11) is 1.93. The summed E-state index contributed by atoms with van der Waals surface area (Å²) >= 11 is 0. The molecule has 0 amide bonds. The summed E-state index contributed by atoms with van der Waals surface area (Å²) < 4.78 is 5.54. The normalized spacial score (nSPS) is 12.1. The first-order valence-corrected chi connectivity index (χ1v) is 7.37. The second-order valence-corrected chi connectivity index (χ2v) is 6.31. The van der Waals surface area contributed by atoms with Crippen molar-refractivity contribution < 1.29 is 14.6 Å². The highest BCUT2D eigenvalue weighted by Gasteiger charge is 2.24. The van der Waals surface area contributed by atoms with Crippen LogP contribution < -0.4 is 0 Å². The summed E-state index contributed by atoms with van der Waals surface area (Å²) in [5, 5.41) is 18.7. The van der Waals surface area contributed by atoms with E-state index >= 15 is 0 Å². The van der Waals surface area contributed by atoms with Crippen LogP contribution >= 0.6 is 0 Å². The minimum absolute atomic E-state index is 0.0543. The molecule has 5 heteroatoms. The third-order valence-corrected chi connectivity index (χ3v) is 3.70. The Morgan fingerprint density at radius 1 is 1.18 bits per heavy atom. The molecule has 22 heavy (non-hydrogen) atoms. The predicted octanol–water partition coefficient (Wildman–Crippen LogP) is 2.07. The smallest absolute Gasteiger partial charge is 0.226 e. The number of hydrogen-bond donors (Lipinski definition) is 2. The molecule has 1 heterocycles. The van der Waals surface area contributed by atoms with Crippen LogP contribution in [0.3, 0.4) is 0 Å². The summed E-state index contributed by atoms with van der Waals surface area (Å²) in [5.41, 5.74) is 2.46. The number of aliphatic hydroxyl groups is 2. The topological polar surface area (TPSA) is 69.7 Å². The molecule has 2 rings (SSSR count). The molecule has 120 valence electrons. The monoisotopic (exact) mass is 304 g/mol. The zero-order valence-corrected chi connectivity index (χ0v) is 13.4. The summed E-state index contributed by atoms with van der Waals surface area (Å²) in [5.74, 6) is 0.607. The van der Waals surface area contributed by atoms with Gasteiger partial charge in [-0.3, -0.25) is 4.90 Å². The van der Waals surface area contributed by atoms with Gasteiger partial charge in [-0.15, -0.1) is 0 Å². The van der Waals surface area contributed by atoms with Crippen LogP contribution in [0, 0.1) is 12.3 Å². The van der Waals surface area contributed by atoms with Crippen molar-refractivity contribution in [3.05, 3.63) is 41.8 Å². The van der Waals surface area contributed by atoms with Crippen LogP contribution in [-0.4, -0.2) is 46.9 Å². The minimum Gasteiger partial charge on any atom is -0.444 e. The maximum Gasteiger partial charge on any atom is 0.226 e. The Bertz CT molecular complexity index is 588. The van der Waals surface area contributed by atoms with Gasteiger partial charge in [0.15, 0.2) is 0 Å². The second-order valence-electron chi connectivity index (χ2n) is 6.31. The number of oxazole rings is 1. The van der Waals surface area contributed by atoms with Crippen LogP contribution in [-0.2, 0) is 6.54 Å². The largest absolute Gasteiger partial charge is 0.444 e. The first-order valence-electron chi connectivity index (χ1n) is 7.37. The molecule has 0 aliphatic rings. The van der Waals surface area contributed by atoms with Crippen LogP contribution in [0.2, 0.25) is 0 Å². The van der Waals surface area contributed by atoms with Crippen molar-refractivity contribution >= 4 is 0 Å². The zero-order chi connectivity index (χ0) is 16.2. The molecule has 0 unspecified atom stereocenters. The maximum absolute atomic E-state index is 9.35. The number of aromatic nitrogens is 1. The third kappa shape index (κ3) is 4.16. The van der Waals surface area contributed by atoms with Gasteiger partial charge in [0.2, 0.25) is 5.89 Å². The molecule has 0 radical (unpaired) electrons. The fourth-order valence-electron chi connectivity index (χ4n) is 2.34. The number of benzene rings is 1. The number of nitrogens with zero attached hydrogens (tertiary/aromatic N) is 2. The van der Waals surface area contributed by atoms with Crippen LogP contribution in [0.4, 0.5) is 0 Å². The van der Waals surface area contributed by atoms with Gasteiger partial charge in [-0.2, -0.15) is 0 Å². The van der Waals surface area contributed by atoms with Crippen LogP contribution in [0.25, 0.3) is 11.5 Å². The van der Waals surface area contributed by atoms with E-state index in [0.29, 0.717) is 19.0 Å². The highest BCUT2D eigenvalue weighted by Crippen LogP contribution is 2.21. The van der Waals surface area contributed by atoms with E-state index in [2.05, 4.69) is 4.98 Å². The fourth-order valence-corrected chi connectivity index (χ4v) is 2.34. The third-order valence-electron chi connectivity index (χ3n) is 3.70. The molecule has 0 atom stereocenters. The molecule has 0 fully saturated rings. The number of rotatable bonds is 7. The van der Waals surface area contributed by atoms with E-state index in [0.717, 1.165) is 11.3 Å². The van der Waals surface area contributed by atoms with Gasteiger partial charge in [0.1, 0.15) is 6.26 Å². The number of hydrogen-bond acceptors (Lipinski definition) is 5.